The van der Waals surface area contributed by atoms with E-state index in [9.17, 15) is 0 Å². The first-order valence-electron chi connectivity index (χ1n) is 8.09. The molecular weight excluding hydrogens is 242 g/mol. The van der Waals surface area contributed by atoms with Crippen molar-refractivity contribution >= 4 is 0 Å². The molecule has 1 saturated carbocycles. The topological polar surface area (TPSA) is 12.0 Å². The highest BCUT2D eigenvalue weighted by Crippen LogP contribution is 2.43. The fourth-order valence-corrected chi connectivity index (χ4v) is 3.72. The lowest BCUT2D eigenvalue weighted by atomic mass is 9.70. The third-order valence-corrected chi connectivity index (χ3v) is 5.38. The largest absolute Gasteiger partial charge is 0.313 e. The molecule has 1 aromatic rings. The van der Waals surface area contributed by atoms with Crippen LogP contribution in [0.5, 0.6) is 0 Å². The summed E-state index contributed by atoms with van der Waals surface area (Å²) in [5, 5.41) is 3.60. The molecule has 0 spiro atoms. The molecule has 1 N–H and O–H groups in total. The summed E-state index contributed by atoms with van der Waals surface area (Å²) in [6.45, 7) is 11.5. The zero-order valence-corrected chi connectivity index (χ0v) is 14.1. The fourth-order valence-electron chi connectivity index (χ4n) is 3.72. The normalized spacial score (nSPS) is 20.9. The summed E-state index contributed by atoms with van der Waals surface area (Å²) < 4.78 is 0. The molecule has 20 heavy (non-hydrogen) atoms. The van der Waals surface area contributed by atoms with Crippen molar-refractivity contribution in [2.24, 2.45) is 11.3 Å². The highest BCUT2D eigenvalue weighted by atomic mass is 14.9. The van der Waals surface area contributed by atoms with E-state index in [2.05, 4.69) is 59.1 Å². The van der Waals surface area contributed by atoms with Crippen LogP contribution in [0.4, 0.5) is 0 Å². The summed E-state index contributed by atoms with van der Waals surface area (Å²) in [5.41, 5.74) is 6.33. The van der Waals surface area contributed by atoms with Crippen molar-refractivity contribution in [1.82, 2.24) is 5.32 Å². The fraction of sp³-hybridized carbons (Fsp3) is 0.684. The van der Waals surface area contributed by atoms with Crippen LogP contribution in [0.2, 0.25) is 0 Å². The smallest absolute Gasteiger partial charge is 0.0348 e. The van der Waals surface area contributed by atoms with Crippen molar-refractivity contribution in [2.75, 3.05) is 7.05 Å². The van der Waals surface area contributed by atoms with Gasteiger partial charge in [-0.2, -0.15) is 0 Å². The summed E-state index contributed by atoms with van der Waals surface area (Å²) in [7, 11) is 2.12. The predicted molar refractivity (Wildman–Crippen MR) is 88.2 cm³/mol. The molecule has 1 aromatic carbocycles. The molecule has 1 aliphatic carbocycles. The number of hydrogen-bond acceptors (Lipinski definition) is 1. The number of aryl methyl sites for hydroxylation is 3. The lowest BCUT2D eigenvalue weighted by Gasteiger charge is -2.38. The lowest BCUT2D eigenvalue weighted by Crippen LogP contribution is -2.31. The van der Waals surface area contributed by atoms with E-state index in [1.165, 1.54) is 47.9 Å². The number of benzene rings is 1. The van der Waals surface area contributed by atoms with Gasteiger partial charge in [0.05, 0.1) is 0 Å². The number of nitrogens with one attached hydrogen (secondary N) is 1. The Balaban J connectivity index is 2.23. The molecule has 1 heteroatoms. The predicted octanol–water partition coefficient (Wildman–Crippen LogP) is 5.09. The highest BCUT2D eigenvalue weighted by Gasteiger charge is 2.32. The summed E-state index contributed by atoms with van der Waals surface area (Å²) in [4.78, 5) is 0. The molecular formula is C19H31N. The molecule has 1 atom stereocenters. The second-order valence-corrected chi connectivity index (χ2v) is 7.56. The Hall–Kier alpha value is -0.820. The van der Waals surface area contributed by atoms with Gasteiger partial charge in [0.25, 0.3) is 0 Å². The second kappa shape index (κ2) is 5.89. The van der Waals surface area contributed by atoms with Crippen LogP contribution < -0.4 is 5.32 Å². The van der Waals surface area contributed by atoms with Gasteiger partial charge in [-0.25, -0.2) is 0 Å². The molecule has 0 heterocycles. The van der Waals surface area contributed by atoms with Crippen LogP contribution >= 0.6 is 0 Å². The third-order valence-electron chi connectivity index (χ3n) is 5.38. The Labute approximate surface area is 125 Å². The first kappa shape index (κ1) is 15.6. The molecule has 112 valence electrons. The first-order valence-corrected chi connectivity index (χ1v) is 8.09. The highest BCUT2D eigenvalue weighted by molar-refractivity contribution is 5.38. The molecule has 0 saturated heterocycles. The van der Waals surface area contributed by atoms with Gasteiger partial charge in [-0.15, -0.1) is 0 Å². The van der Waals surface area contributed by atoms with E-state index >= 15 is 0 Å². The van der Waals surface area contributed by atoms with Crippen molar-refractivity contribution in [3.05, 3.63) is 34.4 Å². The summed E-state index contributed by atoms with van der Waals surface area (Å²) in [6, 6.07) is 5.28. The third kappa shape index (κ3) is 3.25. The molecule has 1 fully saturated rings. The molecule has 1 nitrogen and oxygen atoms in total. The monoisotopic (exact) mass is 273 g/mol. The summed E-state index contributed by atoms with van der Waals surface area (Å²) in [6.07, 6.45) is 5.43. The van der Waals surface area contributed by atoms with E-state index in [4.69, 9.17) is 0 Å². The molecule has 2 rings (SSSR count). The van der Waals surface area contributed by atoms with Gasteiger partial charge in [-0.3, -0.25) is 0 Å². The van der Waals surface area contributed by atoms with Crippen LogP contribution in [0.25, 0.3) is 0 Å². The van der Waals surface area contributed by atoms with Gasteiger partial charge in [0, 0.05) is 6.04 Å². The minimum atomic E-state index is 0.519. The van der Waals surface area contributed by atoms with Crippen LogP contribution in [0.3, 0.4) is 0 Å². The maximum atomic E-state index is 3.60. The maximum Gasteiger partial charge on any atom is 0.0348 e. The SMILES string of the molecule is CNC(c1cc(C)c(C)cc1C)C1CCC(C)(C)CC1. The number of hydrogen-bond donors (Lipinski definition) is 1. The standard InChI is InChI=1S/C19H31N/c1-13-11-15(3)17(12-14(13)2)18(20-6)16-7-9-19(4,5)10-8-16/h11-12,16,18,20H,7-10H2,1-6H3. The van der Waals surface area contributed by atoms with Crippen molar-refractivity contribution in [3.63, 3.8) is 0 Å². The lowest BCUT2D eigenvalue weighted by molar-refractivity contribution is 0.164. The van der Waals surface area contributed by atoms with Crippen LogP contribution in [0, 0.1) is 32.1 Å². The maximum absolute atomic E-state index is 3.60. The first-order chi connectivity index (χ1) is 9.34. The van der Waals surface area contributed by atoms with Gasteiger partial charge >= 0.3 is 0 Å². The van der Waals surface area contributed by atoms with E-state index < -0.39 is 0 Å². The molecule has 0 aliphatic heterocycles. The van der Waals surface area contributed by atoms with E-state index in [1.54, 1.807) is 0 Å². The molecule has 1 unspecified atom stereocenters. The van der Waals surface area contributed by atoms with Gasteiger partial charge in [0.1, 0.15) is 0 Å². The van der Waals surface area contributed by atoms with Gasteiger partial charge < -0.3 is 5.32 Å². The Kier molecular flexibility index (Phi) is 4.59. The zero-order valence-electron chi connectivity index (χ0n) is 14.1. The van der Waals surface area contributed by atoms with Crippen LogP contribution in [-0.2, 0) is 0 Å². The average molecular weight is 273 g/mol. The molecule has 0 amide bonds. The minimum absolute atomic E-state index is 0.519. The van der Waals surface area contributed by atoms with Crippen LogP contribution in [0.15, 0.2) is 12.1 Å². The van der Waals surface area contributed by atoms with E-state index in [0.29, 0.717) is 11.5 Å². The van der Waals surface area contributed by atoms with Gasteiger partial charge in [-0.1, -0.05) is 26.0 Å². The Bertz CT molecular complexity index is 463. The van der Waals surface area contributed by atoms with Crippen molar-refractivity contribution in [1.29, 1.82) is 0 Å². The second-order valence-electron chi connectivity index (χ2n) is 7.56. The summed E-state index contributed by atoms with van der Waals surface area (Å²) in [5.74, 6) is 0.786. The van der Waals surface area contributed by atoms with Gasteiger partial charge in [0.15, 0.2) is 0 Å². The molecule has 0 aromatic heterocycles. The summed E-state index contributed by atoms with van der Waals surface area (Å²) >= 11 is 0. The Morgan fingerprint density at radius 2 is 1.55 bits per heavy atom. The minimum Gasteiger partial charge on any atom is -0.313 e. The Morgan fingerprint density at radius 1 is 1.00 bits per heavy atom. The van der Waals surface area contributed by atoms with E-state index in [0.717, 1.165) is 5.92 Å². The van der Waals surface area contributed by atoms with E-state index in [-0.39, 0.29) is 0 Å². The quantitative estimate of drug-likeness (QED) is 0.809. The van der Waals surface area contributed by atoms with Crippen LogP contribution in [-0.4, -0.2) is 7.05 Å². The molecule has 0 radical (unpaired) electrons. The van der Waals surface area contributed by atoms with Gasteiger partial charge in [-0.05, 0) is 87.1 Å². The average Bonchev–Trinajstić information content (AvgIpc) is 2.38. The van der Waals surface area contributed by atoms with Gasteiger partial charge in [0.2, 0.25) is 0 Å². The van der Waals surface area contributed by atoms with Crippen molar-refractivity contribution < 1.29 is 0 Å². The van der Waals surface area contributed by atoms with Crippen molar-refractivity contribution in [2.45, 2.75) is 66.3 Å². The van der Waals surface area contributed by atoms with E-state index in [1.807, 2.05) is 0 Å². The number of rotatable bonds is 3. The van der Waals surface area contributed by atoms with Crippen molar-refractivity contribution in [3.8, 4) is 0 Å². The zero-order chi connectivity index (χ0) is 14.9. The molecule has 1 aliphatic rings. The van der Waals surface area contributed by atoms with Crippen LogP contribution in [0.1, 0.15) is 67.8 Å². The Morgan fingerprint density at radius 3 is 2.10 bits per heavy atom. The molecule has 0 bridgehead atoms.